The molecule has 3 unspecified atom stereocenters. The van der Waals surface area contributed by atoms with Crippen LogP contribution in [0.15, 0.2) is 35.9 Å². The van der Waals surface area contributed by atoms with Crippen molar-refractivity contribution in [3.8, 4) is 5.75 Å². The van der Waals surface area contributed by atoms with Gasteiger partial charge >= 0.3 is 0 Å². The van der Waals surface area contributed by atoms with Gasteiger partial charge in [-0.1, -0.05) is 31.4 Å². The van der Waals surface area contributed by atoms with Crippen molar-refractivity contribution in [2.75, 3.05) is 19.7 Å². The first-order chi connectivity index (χ1) is 17.8. The lowest BCUT2D eigenvalue weighted by molar-refractivity contribution is -0.140. The zero-order valence-electron chi connectivity index (χ0n) is 21.5. The molecule has 0 aliphatic heterocycles. The van der Waals surface area contributed by atoms with Crippen LogP contribution in [0.2, 0.25) is 0 Å². The van der Waals surface area contributed by atoms with Crippen LogP contribution in [0.1, 0.15) is 64.7 Å². The van der Waals surface area contributed by atoms with Gasteiger partial charge in [-0.2, -0.15) is 0 Å². The molecule has 0 aromatic heterocycles. The molecule has 2 aliphatic rings. The number of aliphatic hydroxyl groups is 2. The number of amides is 2. The van der Waals surface area contributed by atoms with E-state index in [1.165, 1.54) is 13.3 Å². The highest BCUT2D eigenvalue weighted by Crippen LogP contribution is 2.32. The van der Waals surface area contributed by atoms with Crippen LogP contribution in [0.5, 0.6) is 5.75 Å². The SMILES string of the molecule is CC(=O)CCCC(=O)N(CC1CCCCC1)C1CC(C(=O)NCCO)=CC(Oc2ccccc2I)C1O. The number of rotatable bonds is 12. The molecule has 0 spiro atoms. The largest absolute Gasteiger partial charge is 0.482 e. The zero-order chi connectivity index (χ0) is 26.8. The smallest absolute Gasteiger partial charge is 0.247 e. The van der Waals surface area contributed by atoms with Crippen molar-refractivity contribution in [2.45, 2.75) is 83.0 Å². The Balaban J connectivity index is 1.89. The molecular weight excluding hydrogens is 587 g/mol. The number of Topliss-reactive ketones (excluding diaryl/α,β-unsaturated/α-hetero) is 1. The Kier molecular flexibility index (Phi) is 11.8. The summed E-state index contributed by atoms with van der Waals surface area (Å²) < 4.78 is 7.07. The van der Waals surface area contributed by atoms with Gasteiger partial charge in [0.2, 0.25) is 11.8 Å². The molecule has 204 valence electrons. The summed E-state index contributed by atoms with van der Waals surface area (Å²) in [7, 11) is 0. The predicted molar refractivity (Wildman–Crippen MR) is 149 cm³/mol. The van der Waals surface area contributed by atoms with Gasteiger partial charge in [0.15, 0.2) is 0 Å². The van der Waals surface area contributed by atoms with Crippen LogP contribution >= 0.6 is 22.6 Å². The number of ketones is 1. The van der Waals surface area contributed by atoms with Crippen molar-refractivity contribution in [3.63, 3.8) is 0 Å². The van der Waals surface area contributed by atoms with Gasteiger partial charge in [0.25, 0.3) is 0 Å². The summed E-state index contributed by atoms with van der Waals surface area (Å²) in [5.41, 5.74) is 0.421. The van der Waals surface area contributed by atoms with Gasteiger partial charge in [-0.15, -0.1) is 0 Å². The molecule has 9 heteroatoms. The Labute approximate surface area is 233 Å². The van der Waals surface area contributed by atoms with Crippen molar-refractivity contribution in [1.29, 1.82) is 0 Å². The van der Waals surface area contributed by atoms with Gasteiger partial charge in [0, 0.05) is 37.9 Å². The highest BCUT2D eigenvalue weighted by molar-refractivity contribution is 14.1. The van der Waals surface area contributed by atoms with Crippen molar-refractivity contribution >= 4 is 40.2 Å². The van der Waals surface area contributed by atoms with Crippen LogP contribution in [0.3, 0.4) is 0 Å². The summed E-state index contributed by atoms with van der Waals surface area (Å²) in [5.74, 6) is 0.515. The first-order valence-electron chi connectivity index (χ1n) is 13.3. The number of aliphatic hydroxyl groups excluding tert-OH is 2. The zero-order valence-corrected chi connectivity index (χ0v) is 23.7. The maximum absolute atomic E-state index is 13.5. The number of ether oxygens (including phenoxy) is 1. The molecule has 0 radical (unpaired) electrons. The van der Waals surface area contributed by atoms with E-state index in [1.807, 2.05) is 24.3 Å². The van der Waals surface area contributed by atoms with Crippen molar-refractivity contribution in [2.24, 2.45) is 5.92 Å². The average Bonchev–Trinajstić information content (AvgIpc) is 2.88. The number of nitrogens with zero attached hydrogens (tertiary/aromatic N) is 1. The summed E-state index contributed by atoms with van der Waals surface area (Å²) in [6.45, 7) is 1.96. The van der Waals surface area contributed by atoms with E-state index >= 15 is 0 Å². The topological polar surface area (TPSA) is 116 Å². The molecule has 37 heavy (non-hydrogen) atoms. The molecule has 1 fully saturated rings. The standard InChI is InChI=1S/C28H39IN2O6/c1-19(33)8-7-13-26(34)31(18-20-9-3-2-4-10-20)23-16-21(28(36)30-14-15-32)17-25(27(23)35)37-24-12-6-5-11-22(24)29/h5-6,11-12,17,20,23,25,27,32,35H,2-4,7-10,13-16,18H2,1H3,(H,30,36). The van der Waals surface area contributed by atoms with Gasteiger partial charge in [-0.05, 0) is 72.9 Å². The minimum absolute atomic E-state index is 0.0426. The molecule has 3 N–H and O–H groups in total. The fourth-order valence-electron chi connectivity index (χ4n) is 5.17. The molecular formula is C28H39IN2O6. The number of para-hydroxylation sites is 1. The summed E-state index contributed by atoms with van der Waals surface area (Å²) in [6.07, 6.45) is 6.47. The molecule has 0 saturated heterocycles. The van der Waals surface area contributed by atoms with E-state index in [-0.39, 0.29) is 43.6 Å². The van der Waals surface area contributed by atoms with Crippen molar-refractivity contribution < 1.29 is 29.3 Å². The molecule has 0 bridgehead atoms. The highest BCUT2D eigenvalue weighted by Gasteiger charge is 2.41. The van der Waals surface area contributed by atoms with Crippen LogP contribution in [0.4, 0.5) is 0 Å². The van der Waals surface area contributed by atoms with E-state index in [0.29, 0.717) is 36.6 Å². The second-order valence-corrected chi connectivity index (χ2v) is 11.2. The average molecular weight is 627 g/mol. The molecule has 2 aliphatic carbocycles. The van der Waals surface area contributed by atoms with Crippen LogP contribution < -0.4 is 10.1 Å². The van der Waals surface area contributed by atoms with Gasteiger partial charge < -0.3 is 30.0 Å². The van der Waals surface area contributed by atoms with Crippen molar-refractivity contribution in [1.82, 2.24) is 10.2 Å². The van der Waals surface area contributed by atoms with Crippen LogP contribution in [0, 0.1) is 9.49 Å². The number of hydrogen-bond donors (Lipinski definition) is 3. The number of carbonyl (C=O) groups excluding carboxylic acids is 3. The van der Waals surface area contributed by atoms with E-state index in [4.69, 9.17) is 4.74 Å². The minimum Gasteiger partial charge on any atom is -0.482 e. The Morgan fingerprint density at radius 1 is 1.14 bits per heavy atom. The van der Waals surface area contributed by atoms with E-state index in [1.54, 1.807) is 11.0 Å². The Morgan fingerprint density at radius 2 is 1.86 bits per heavy atom. The van der Waals surface area contributed by atoms with Gasteiger partial charge in [0.1, 0.15) is 23.7 Å². The maximum atomic E-state index is 13.5. The van der Waals surface area contributed by atoms with Gasteiger partial charge in [-0.3, -0.25) is 9.59 Å². The molecule has 1 aromatic carbocycles. The first kappa shape index (κ1) is 29.6. The Bertz CT molecular complexity index is 962. The first-order valence-corrected chi connectivity index (χ1v) is 14.4. The molecule has 1 aromatic rings. The summed E-state index contributed by atoms with van der Waals surface area (Å²) in [6, 6.07) is 6.80. The highest BCUT2D eigenvalue weighted by atomic mass is 127. The monoisotopic (exact) mass is 626 g/mol. The Morgan fingerprint density at radius 3 is 2.54 bits per heavy atom. The third kappa shape index (κ3) is 8.78. The molecule has 3 rings (SSSR count). The van der Waals surface area contributed by atoms with E-state index in [0.717, 1.165) is 29.3 Å². The molecule has 8 nitrogen and oxygen atoms in total. The van der Waals surface area contributed by atoms with E-state index in [9.17, 15) is 24.6 Å². The van der Waals surface area contributed by atoms with Crippen LogP contribution in [0.25, 0.3) is 0 Å². The fourth-order valence-corrected chi connectivity index (χ4v) is 5.68. The maximum Gasteiger partial charge on any atom is 0.247 e. The lowest BCUT2D eigenvalue weighted by Crippen LogP contribution is -2.56. The second kappa shape index (κ2) is 14.8. The van der Waals surface area contributed by atoms with Crippen LogP contribution in [-0.4, -0.2) is 70.7 Å². The van der Waals surface area contributed by atoms with E-state index < -0.39 is 18.2 Å². The number of carbonyl (C=O) groups is 3. The predicted octanol–water partition coefficient (Wildman–Crippen LogP) is 3.37. The molecule has 3 atom stereocenters. The summed E-state index contributed by atoms with van der Waals surface area (Å²) in [4.78, 5) is 39.7. The second-order valence-electron chi connectivity index (χ2n) is 10.1. The molecule has 0 heterocycles. The van der Waals surface area contributed by atoms with Crippen LogP contribution in [-0.2, 0) is 14.4 Å². The third-order valence-corrected chi connectivity index (χ3v) is 8.03. The van der Waals surface area contributed by atoms with E-state index in [2.05, 4.69) is 27.9 Å². The number of benzene rings is 1. The number of nitrogens with one attached hydrogen (secondary N) is 1. The number of hydrogen-bond acceptors (Lipinski definition) is 6. The van der Waals surface area contributed by atoms with Gasteiger partial charge in [0.05, 0.1) is 16.2 Å². The quantitative estimate of drug-likeness (QED) is 0.307. The van der Waals surface area contributed by atoms with Gasteiger partial charge in [-0.25, -0.2) is 0 Å². The molecule has 2 amide bonds. The molecule has 1 saturated carbocycles. The normalized spacial score (nSPS) is 22.2. The third-order valence-electron chi connectivity index (χ3n) is 7.13. The minimum atomic E-state index is -1.04. The summed E-state index contributed by atoms with van der Waals surface area (Å²) >= 11 is 2.16. The lowest BCUT2D eigenvalue weighted by Gasteiger charge is -2.42. The number of halogens is 1. The lowest BCUT2D eigenvalue weighted by atomic mass is 9.85. The summed E-state index contributed by atoms with van der Waals surface area (Å²) in [5, 5.41) is 23.4. The van der Waals surface area contributed by atoms with Crippen molar-refractivity contribution in [3.05, 3.63) is 39.5 Å². The fraction of sp³-hybridized carbons (Fsp3) is 0.607. The Hall–Kier alpha value is -1.98.